The summed E-state index contributed by atoms with van der Waals surface area (Å²) in [5.41, 5.74) is 2.43. The van der Waals surface area contributed by atoms with Gasteiger partial charge in [-0.25, -0.2) is 0 Å². The normalized spacial score (nSPS) is 12.6. The molecule has 0 spiro atoms. The van der Waals surface area contributed by atoms with E-state index in [2.05, 4.69) is 45.6 Å². The molecule has 19 heavy (non-hydrogen) atoms. The highest BCUT2D eigenvalue weighted by Crippen LogP contribution is 2.19. The van der Waals surface area contributed by atoms with Crippen LogP contribution in [-0.4, -0.2) is 31.7 Å². The highest BCUT2D eigenvalue weighted by Gasteiger charge is 2.16. The Bertz CT molecular complexity index is 521. The zero-order chi connectivity index (χ0) is 13.7. The van der Waals surface area contributed by atoms with Crippen LogP contribution >= 0.6 is 0 Å². The van der Waals surface area contributed by atoms with Crippen molar-refractivity contribution in [3.8, 4) is 0 Å². The van der Waals surface area contributed by atoms with Gasteiger partial charge in [-0.2, -0.15) is 4.80 Å². The Hall–Kier alpha value is -1.82. The van der Waals surface area contributed by atoms with Crippen molar-refractivity contribution in [3.05, 3.63) is 35.4 Å². The molecular formula is C13H20N6. The van der Waals surface area contributed by atoms with Crippen molar-refractivity contribution in [2.75, 3.05) is 6.54 Å². The number of nitrogens with zero attached hydrogens (tertiary/aromatic N) is 5. The van der Waals surface area contributed by atoms with E-state index in [4.69, 9.17) is 0 Å². The summed E-state index contributed by atoms with van der Waals surface area (Å²) >= 11 is 0. The molecule has 2 aromatic heterocycles. The molecule has 2 aromatic rings. The predicted octanol–water partition coefficient (Wildman–Crippen LogP) is 1.20. The summed E-state index contributed by atoms with van der Waals surface area (Å²) in [6.07, 6.45) is 5.54. The van der Waals surface area contributed by atoms with Crippen molar-refractivity contribution in [2.24, 2.45) is 7.05 Å². The van der Waals surface area contributed by atoms with Crippen LogP contribution < -0.4 is 5.32 Å². The zero-order valence-corrected chi connectivity index (χ0v) is 11.7. The number of pyridine rings is 1. The molecule has 0 bridgehead atoms. The van der Waals surface area contributed by atoms with Crippen molar-refractivity contribution in [1.29, 1.82) is 0 Å². The predicted molar refractivity (Wildman–Crippen MR) is 72.5 cm³/mol. The van der Waals surface area contributed by atoms with Crippen LogP contribution in [0, 0.1) is 6.92 Å². The van der Waals surface area contributed by atoms with Crippen LogP contribution in [-0.2, 0) is 13.5 Å². The fraction of sp³-hybridized carbons (Fsp3) is 0.538. The summed E-state index contributed by atoms with van der Waals surface area (Å²) in [7, 11) is 1.78. The molecule has 1 atom stereocenters. The first kappa shape index (κ1) is 13.6. The molecule has 0 radical (unpaired) electrons. The maximum atomic E-state index is 4.25. The largest absolute Gasteiger partial charge is 0.310 e. The van der Waals surface area contributed by atoms with Gasteiger partial charge in [-0.3, -0.25) is 4.98 Å². The van der Waals surface area contributed by atoms with Gasteiger partial charge in [0.25, 0.3) is 0 Å². The summed E-state index contributed by atoms with van der Waals surface area (Å²) in [4.78, 5) is 5.63. The molecule has 0 fully saturated rings. The summed E-state index contributed by atoms with van der Waals surface area (Å²) < 4.78 is 0. The Balaban J connectivity index is 2.18. The third-order valence-electron chi connectivity index (χ3n) is 3.02. The molecule has 6 heteroatoms. The summed E-state index contributed by atoms with van der Waals surface area (Å²) in [5, 5.41) is 15.7. The van der Waals surface area contributed by atoms with Gasteiger partial charge in [0.1, 0.15) is 0 Å². The molecule has 1 unspecified atom stereocenters. The van der Waals surface area contributed by atoms with Gasteiger partial charge in [-0.15, -0.1) is 10.2 Å². The van der Waals surface area contributed by atoms with Gasteiger partial charge in [0.2, 0.25) is 0 Å². The SMILES string of the molecule is CCCNC(Cc1nnn(C)n1)c1ccncc1C. The lowest BCUT2D eigenvalue weighted by Crippen LogP contribution is -2.25. The monoisotopic (exact) mass is 260 g/mol. The second kappa shape index (κ2) is 6.38. The fourth-order valence-electron chi connectivity index (χ4n) is 2.07. The Labute approximate surface area is 113 Å². The Morgan fingerprint density at radius 3 is 2.89 bits per heavy atom. The minimum Gasteiger partial charge on any atom is -0.310 e. The average molecular weight is 260 g/mol. The van der Waals surface area contributed by atoms with Crippen LogP contribution in [0.3, 0.4) is 0 Å². The molecule has 0 aliphatic carbocycles. The third-order valence-corrected chi connectivity index (χ3v) is 3.02. The lowest BCUT2D eigenvalue weighted by atomic mass is 10.0. The van der Waals surface area contributed by atoms with Gasteiger partial charge in [-0.1, -0.05) is 6.92 Å². The molecular weight excluding hydrogens is 240 g/mol. The van der Waals surface area contributed by atoms with Crippen LogP contribution in [0.5, 0.6) is 0 Å². The summed E-state index contributed by atoms with van der Waals surface area (Å²) in [5.74, 6) is 0.757. The van der Waals surface area contributed by atoms with E-state index in [0.717, 1.165) is 25.2 Å². The molecule has 1 N–H and O–H groups in total. The number of nitrogens with one attached hydrogen (secondary N) is 1. The maximum Gasteiger partial charge on any atom is 0.176 e. The molecule has 2 heterocycles. The van der Waals surface area contributed by atoms with Crippen LogP contribution in [0.15, 0.2) is 18.5 Å². The number of hydrogen-bond donors (Lipinski definition) is 1. The number of aromatic nitrogens is 5. The highest BCUT2D eigenvalue weighted by atomic mass is 15.6. The minimum absolute atomic E-state index is 0.201. The fourth-order valence-corrected chi connectivity index (χ4v) is 2.07. The van der Waals surface area contributed by atoms with E-state index in [9.17, 15) is 0 Å². The molecule has 2 rings (SSSR count). The van der Waals surface area contributed by atoms with E-state index in [1.807, 2.05) is 12.4 Å². The molecule has 0 saturated carbocycles. The van der Waals surface area contributed by atoms with Crippen LogP contribution in [0.1, 0.15) is 36.3 Å². The Morgan fingerprint density at radius 1 is 1.42 bits per heavy atom. The van der Waals surface area contributed by atoms with Gasteiger partial charge >= 0.3 is 0 Å². The second-order valence-electron chi connectivity index (χ2n) is 4.64. The van der Waals surface area contributed by atoms with E-state index < -0.39 is 0 Å². The zero-order valence-electron chi connectivity index (χ0n) is 11.7. The van der Waals surface area contributed by atoms with E-state index in [-0.39, 0.29) is 6.04 Å². The van der Waals surface area contributed by atoms with Crippen LogP contribution in [0.2, 0.25) is 0 Å². The van der Waals surface area contributed by atoms with Gasteiger partial charge in [0.15, 0.2) is 5.82 Å². The van der Waals surface area contributed by atoms with E-state index in [0.29, 0.717) is 0 Å². The van der Waals surface area contributed by atoms with Crippen molar-refractivity contribution < 1.29 is 0 Å². The average Bonchev–Trinajstić information content (AvgIpc) is 2.81. The van der Waals surface area contributed by atoms with Gasteiger partial charge in [-0.05, 0) is 42.3 Å². The summed E-state index contributed by atoms with van der Waals surface area (Å²) in [6, 6.07) is 2.26. The van der Waals surface area contributed by atoms with Crippen molar-refractivity contribution in [1.82, 2.24) is 30.5 Å². The van der Waals surface area contributed by atoms with Gasteiger partial charge < -0.3 is 5.32 Å². The van der Waals surface area contributed by atoms with E-state index in [1.165, 1.54) is 15.9 Å². The van der Waals surface area contributed by atoms with E-state index in [1.54, 1.807) is 7.05 Å². The van der Waals surface area contributed by atoms with E-state index >= 15 is 0 Å². The van der Waals surface area contributed by atoms with Crippen LogP contribution in [0.4, 0.5) is 0 Å². The number of tetrazole rings is 1. The van der Waals surface area contributed by atoms with Crippen molar-refractivity contribution >= 4 is 0 Å². The topological polar surface area (TPSA) is 68.5 Å². The molecule has 0 saturated heterocycles. The van der Waals surface area contributed by atoms with Gasteiger partial charge in [0.05, 0.1) is 7.05 Å². The highest BCUT2D eigenvalue weighted by molar-refractivity contribution is 5.26. The molecule has 0 aliphatic rings. The lowest BCUT2D eigenvalue weighted by molar-refractivity contribution is 0.514. The smallest absolute Gasteiger partial charge is 0.176 e. The van der Waals surface area contributed by atoms with Crippen molar-refractivity contribution in [3.63, 3.8) is 0 Å². The first-order valence-corrected chi connectivity index (χ1v) is 6.57. The Kier molecular flexibility index (Phi) is 4.57. The first-order chi connectivity index (χ1) is 9.20. The first-order valence-electron chi connectivity index (χ1n) is 6.57. The third kappa shape index (κ3) is 3.57. The number of rotatable bonds is 6. The molecule has 0 amide bonds. The lowest BCUT2D eigenvalue weighted by Gasteiger charge is -2.19. The maximum absolute atomic E-state index is 4.25. The van der Waals surface area contributed by atoms with Crippen LogP contribution in [0.25, 0.3) is 0 Å². The van der Waals surface area contributed by atoms with Gasteiger partial charge in [0, 0.05) is 24.9 Å². The van der Waals surface area contributed by atoms with Crippen molar-refractivity contribution in [2.45, 2.75) is 32.7 Å². The quantitative estimate of drug-likeness (QED) is 0.845. The Morgan fingerprint density at radius 2 is 2.26 bits per heavy atom. The number of hydrogen-bond acceptors (Lipinski definition) is 5. The molecule has 0 aliphatic heterocycles. The summed E-state index contributed by atoms with van der Waals surface area (Å²) in [6.45, 7) is 5.20. The molecule has 102 valence electrons. The molecule has 6 nitrogen and oxygen atoms in total. The minimum atomic E-state index is 0.201. The molecule has 0 aromatic carbocycles. The standard InChI is InChI=1S/C13H20N6/c1-4-6-15-12(8-13-16-18-19(3)17-13)11-5-7-14-9-10(11)2/h5,7,9,12,15H,4,6,8H2,1-3H3. The number of aryl methyl sites for hydroxylation is 2. The second-order valence-corrected chi connectivity index (χ2v) is 4.64.